The summed E-state index contributed by atoms with van der Waals surface area (Å²) in [5.41, 5.74) is 0.674. The van der Waals surface area contributed by atoms with E-state index in [4.69, 9.17) is 9.15 Å². The smallest absolute Gasteiger partial charge is 0.169 e. The maximum atomic E-state index is 13.5. The van der Waals surface area contributed by atoms with Gasteiger partial charge in [-0.1, -0.05) is 6.07 Å². The molecule has 1 atom stereocenters. The van der Waals surface area contributed by atoms with Crippen molar-refractivity contribution in [3.8, 4) is 5.75 Å². The van der Waals surface area contributed by atoms with Crippen molar-refractivity contribution in [2.45, 2.75) is 12.5 Å². The molecule has 5 heteroatoms. The van der Waals surface area contributed by atoms with Crippen molar-refractivity contribution in [2.75, 3.05) is 7.11 Å². The lowest BCUT2D eigenvalue weighted by molar-refractivity contribution is 0.148. The van der Waals surface area contributed by atoms with Crippen LogP contribution in [0.25, 0.3) is 0 Å². The quantitative estimate of drug-likeness (QED) is 0.939. The summed E-state index contributed by atoms with van der Waals surface area (Å²) in [6.45, 7) is 0. The van der Waals surface area contributed by atoms with E-state index in [9.17, 15) is 9.50 Å². The summed E-state index contributed by atoms with van der Waals surface area (Å²) in [6.07, 6.45) is -0.523. The summed E-state index contributed by atoms with van der Waals surface area (Å²) in [5.74, 6) is 0.190. The van der Waals surface area contributed by atoms with E-state index >= 15 is 0 Å². The van der Waals surface area contributed by atoms with Gasteiger partial charge >= 0.3 is 0 Å². The van der Waals surface area contributed by atoms with Gasteiger partial charge in [-0.2, -0.15) is 0 Å². The minimum Gasteiger partial charge on any atom is -0.494 e. The molecule has 1 aromatic heterocycles. The molecule has 1 N–H and O–H groups in total. The van der Waals surface area contributed by atoms with Gasteiger partial charge in [0.25, 0.3) is 0 Å². The van der Waals surface area contributed by atoms with Crippen LogP contribution < -0.4 is 4.74 Å². The molecule has 18 heavy (non-hydrogen) atoms. The molecule has 0 fully saturated rings. The zero-order valence-electron chi connectivity index (χ0n) is 9.69. The average molecular weight is 315 g/mol. The minimum absolute atomic E-state index is 0.189. The van der Waals surface area contributed by atoms with Crippen molar-refractivity contribution in [1.82, 2.24) is 0 Å². The van der Waals surface area contributed by atoms with Gasteiger partial charge in [0.15, 0.2) is 16.2 Å². The molecule has 0 bridgehead atoms. The maximum absolute atomic E-state index is 13.5. The summed E-state index contributed by atoms with van der Waals surface area (Å²) in [7, 11) is 1.41. The predicted molar refractivity (Wildman–Crippen MR) is 68.0 cm³/mol. The first-order valence-electron chi connectivity index (χ1n) is 5.36. The fourth-order valence-electron chi connectivity index (χ4n) is 1.67. The first-order valence-corrected chi connectivity index (χ1v) is 6.15. The molecule has 0 radical (unpaired) electrons. The van der Waals surface area contributed by atoms with Gasteiger partial charge in [0.05, 0.1) is 7.11 Å². The van der Waals surface area contributed by atoms with Crippen LogP contribution >= 0.6 is 15.9 Å². The molecule has 2 rings (SSSR count). The molecular formula is C13H12BrFO3. The number of hydrogen-bond acceptors (Lipinski definition) is 3. The fraction of sp³-hybridized carbons (Fsp3) is 0.231. The lowest BCUT2D eigenvalue weighted by atomic mass is 10.1. The van der Waals surface area contributed by atoms with E-state index in [-0.39, 0.29) is 12.2 Å². The fourth-order valence-corrected chi connectivity index (χ4v) is 1.99. The summed E-state index contributed by atoms with van der Waals surface area (Å²) in [5, 5.41) is 9.94. The predicted octanol–water partition coefficient (Wildman–Crippen LogP) is 3.47. The van der Waals surface area contributed by atoms with E-state index in [1.54, 1.807) is 18.2 Å². The summed E-state index contributed by atoms with van der Waals surface area (Å²) in [6, 6.07) is 7.97. The standard InChI is InChI=1S/C13H12BrFO3/c1-17-11-3-2-8(6-9(11)15)7-10(16)12-4-5-13(14)18-12/h2-6,10,16H,7H2,1H3. The molecule has 3 nitrogen and oxygen atoms in total. The second-order valence-corrected chi connectivity index (χ2v) is 4.61. The minimum atomic E-state index is -0.802. The van der Waals surface area contributed by atoms with Crippen LogP contribution in [-0.4, -0.2) is 12.2 Å². The van der Waals surface area contributed by atoms with Crippen LogP contribution in [0.2, 0.25) is 0 Å². The van der Waals surface area contributed by atoms with Gasteiger partial charge in [-0.25, -0.2) is 4.39 Å². The highest BCUT2D eigenvalue weighted by Gasteiger charge is 2.14. The van der Waals surface area contributed by atoms with Crippen molar-refractivity contribution in [3.05, 3.63) is 52.1 Å². The Labute approximate surface area is 112 Å². The van der Waals surface area contributed by atoms with Gasteiger partial charge in [-0.15, -0.1) is 0 Å². The monoisotopic (exact) mass is 314 g/mol. The molecule has 1 unspecified atom stereocenters. The number of methoxy groups -OCH3 is 1. The van der Waals surface area contributed by atoms with Gasteiger partial charge in [0.2, 0.25) is 0 Å². The van der Waals surface area contributed by atoms with E-state index in [1.807, 2.05) is 0 Å². The summed E-state index contributed by atoms with van der Waals surface area (Å²) in [4.78, 5) is 0. The zero-order chi connectivity index (χ0) is 13.1. The Morgan fingerprint density at radius 1 is 1.39 bits per heavy atom. The second kappa shape index (κ2) is 5.54. The second-order valence-electron chi connectivity index (χ2n) is 3.83. The van der Waals surface area contributed by atoms with Gasteiger partial charge in [0, 0.05) is 6.42 Å². The molecule has 0 spiro atoms. The molecule has 0 saturated carbocycles. The number of rotatable bonds is 4. The third-order valence-corrected chi connectivity index (χ3v) is 2.99. The van der Waals surface area contributed by atoms with E-state index in [2.05, 4.69) is 15.9 Å². The highest BCUT2D eigenvalue weighted by atomic mass is 79.9. The van der Waals surface area contributed by atoms with E-state index in [1.165, 1.54) is 19.2 Å². The Morgan fingerprint density at radius 2 is 2.17 bits per heavy atom. The van der Waals surface area contributed by atoms with Gasteiger partial charge in [0.1, 0.15) is 11.9 Å². The Balaban J connectivity index is 2.12. The zero-order valence-corrected chi connectivity index (χ0v) is 11.3. The van der Waals surface area contributed by atoms with E-state index in [0.29, 0.717) is 16.0 Å². The molecular weight excluding hydrogens is 303 g/mol. The van der Waals surface area contributed by atoms with Crippen molar-refractivity contribution >= 4 is 15.9 Å². The molecule has 0 amide bonds. The number of ether oxygens (including phenoxy) is 1. The Bertz CT molecular complexity index is 539. The number of furan rings is 1. The van der Waals surface area contributed by atoms with Crippen LogP contribution in [0.5, 0.6) is 5.75 Å². The molecule has 0 aliphatic rings. The summed E-state index contributed by atoms with van der Waals surface area (Å²) >= 11 is 3.16. The van der Waals surface area contributed by atoms with Crippen LogP contribution in [0.4, 0.5) is 4.39 Å². The number of aliphatic hydroxyl groups is 1. The highest BCUT2D eigenvalue weighted by molar-refractivity contribution is 9.10. The van der Waals surface area contributed by atoms with Crippen LogP contribution in [0.1, 0.15) is 17.4 Å². The van der Waals surface area contributed by atoms with Crippen molar-refractivity contribution in [1.29, 1.82) is 0 Å². The SMILES string of the molecule is COc1ccc(CC(O)c2ccc(Br)o2)cc1F. The average Bonchev–Trinajstić information content (AvgIpc) is 2.76. The molecule has 2 aromatic rings. The largest absolute Gasteiger partial charge is 0.494 e. The summed E-state index contributed by atoms with van der Waals surface area (Å²) < 4.78 is 24.1. The molecule has 0 saturated heterocycles. The lowest BCUT2D eigenvalue weighted by Gasteiger charge is -2.09. The van der Waals surface area contributed by atoms with Gasteiger partial charge in [-0.3, -0.25) is 0 Å². The van der Waals surface area contributed by atoms with Crippen LogP contribution in [-0.2, 0) is 6.42 Å². The van der Waals surface area contributed by atoms with E-state index in [0.717, 1.165) is 0 Å². The first kappa shape index (κ1) is 13.1. The number of aliphatic hydroxyl groups excluding tert-OH is 1. The van der Waals surface area contributed by atoms with Gasteiger partial charge in [-0.05, 0) is 45.8 Å². The molecule has 0 aliphatic heterocycles. The van der Waals surface area contributed by atoms with Crippen molar-refractivity contribution < 1.29 is 18.7 Å². The third-order valence-electron chi connectivity index (χ3n) is 2.57. The third kappa shape index (κ3) is 2.91. The van der Waals surface area contributed by atoms with Crippen LogP contribution in [0.15, 0.2) is 39.4 Å². The number of hydrogen-bond donors (Lipinski definition) is 1. The first-order chi connectivity index (χ1) is 8.60. The van der Waals surface area contributed by atoms with Gasteiger partial charge < -0.3 is 14.3 Å². The lowest BCUT2D eigenvalue weighted by Crippen LogP contribution is -2.01. The maximum Gasteiger partial charge on any atom is 0.169 e. The van der Waals surface area contributed by atoms with Crippen molar-refractivity contribution in [2.24, 2.45) is 0 Å². The molecule has 0 aliphatic carbocycles. The molecule has 1 heterocycles. The molecule has 96 valence electrons. The molecule has 1 aromatic carbocycles. The topological polar surface area (TPSA) is 42.6 Å². The normalized spacial score (nSPS) is 12.4. The number of halogens is 2. The Morgan fingerprint density at radius 3 is 2.72 bits per heavy atom. The Hall–Kier alpha value is -1.33. The number of benzene rings is 1. The van der Waals surface area contributed by atoms with Crippen LogP contribution in [0, 0.1) is 5.82 Å². The van der Waals surface area contributed by atoms with E-state index < -0.39 is 11.9 Å². The van der Waals surface area contributed by atoms with Crippen LogP contribution in [0.3, 0.4) is 0 Å². The highest BCUT2D eigenvalue weighted by Crippen LogP contribution is 2.25. The Kier molecular flexibility index (Phi) is 4.04. The van der Waals surface area contributed by atoms with Crippen molar-refractivity contribution in [3.63, 3.8) is 0 Å².